The summed E-state index contributed by atoms with van der Waals surface area (Å²) >= 11 is 0. The number of nitrogen functional groups attached to an aromatic ring is 1. The van der Waals surface area contributed by atoms with Gasteiger partial charge in [0.25, 0.3) is 0 Å². The van der Waals surface area contributed by atoms with E-state index in [2.05, 4.69) is 19.9 Å². The van der Waals surface area contributed by atoms with Crippen LogP contribution in [0.4, 0.5) is 5.82 Å². The topological polar surface area (TPSA) is 89.0 Å². The van der Waals surface area contributed by atoms with E-state index in [-0.39, 0.29) is 12.1 Å². The molecule has 6 heteroatoms. The van der Waals surface area contributed by atoms with Crippen molar-refractivity contribution in [3.8, 4) is 0 Å². The Morgan fingerprint density at radius 3 is 3.11 bits per heavy atom. The van der Waals surface area contributed by atoms with Gasteiger partial charge in [0.05, 0.1) is 11.5 Å². The van der Waals surface area contributed by atoms with E-state index < -0.39 is 0 Å². The molecule has 2 aromatic rings. The number of nitrogens with zero attached hydrogens (tertiary/aromatic N) is 3. The predicted molar refractivity (Wildman–Crippen MR) is 73.6 cm³/mol. The Balaban J connectivity index is 1.91. The van der Waals surface area contributed by atoms with Gasteiger partial charge in [0.2, 0.25) is 0 Å². The predicted octanol–water partition coefficient (Wildman–Crippen LogP) is 0.545. The van der Waals surface area contributed by atoms with Crippen LogP contribution in [0, 0.1) is 5.92 Å². The molecular weight excluding hydrogens is 242 g/mol. The summed E-state index contributed by atoms with van der Waals surface area (Å²) in [5.74, 6) is 0.806. The fraction of sp³-hybridized carbons (Fsp3) is 0.538. The molecule has 0 radical (unpaired) electrons. The number of aliphatic hydroxyl groups is 1. The third kappa shape index (κ3) is 2.06. The third-order valence-electron chi connectivity index (χ3n) is 4.03. The van der Waals surface area contributed by atoms with E-state index in [0.29, 0.717) is 11.7 Å². The normalized spacial score (nSPS) is 27.2. The number of nitrogens with one attached hydrogen (secondary N) is 1. The molecule has 3 unspecified atom stereocenters. The van der Waals surface area contributed by atoms with Gasteiger partial charge in [0.1, 0.15) is 17.8 Å². The van der Waals surface area contributed by atoms with Crippen molar-refractivity contribution in [1.29, 1.82) is 0 Å². The number of rotatable bonds is 3. The summed E-state index contributed by atoms with van der Waals surface area (Å²) in [4.78, 5) is 8.32. The van der Waals surface area contributed by atoms with Gasteiger partial charge in [-0.05, 0) is 31.9 Å². The van der Waals surface area contributed by atoms with Gasteiger partial charge < -0.3 is 20.7 Å². The van der Waals surface area contributed by atoms with Crippen LogP contribution in [0.2, 0.25) is 0 Å². The quantitative estimate of drug-likeness (QED) is 0.750. The number of fused-ring (bicyclic) bond motifs is 1. The maximum Gasteiger partial charge on any atom is 0.145 e. The van der Waals surface area contributed by atoms with Gasteiger partial charge in [0, 0.05) is 18.8 Å². The van der Waals surface area contributed by atoms with Crippen LogP contribution >= 0.6 is 0 Å². The van der Waals surface area contributed by atoms with E-state index in [0.717, 1.165) is 30.4 Å². The summed E-state index contributed by atoms with van der Waals surface area (Å²) < 4.78 is 2.12. The van der Waals surface area contributed by atoms with Crippen molar-refractivity contribution in [3.63, 3.8) is 0 Å². The van der Waals surface area contributed by atoms with Crippen LogP contribution < -0.4 is 11.1 Å². The molecule has 4 N–H and O–H groups in total. The zero-order valence-electron chi connectivity index (χ0n) is 11.0. The average Bonchev–Trinajstić information content (AvgIpc) is 2.95. The second-order valence-corrected chi connectivity index (χ2v) is 5.23. The molecule has 1 fully saturated rings. The summed E-state index contributed by atoms with van der Waals surface area (Å²) in [6.07, 6.45) is 4.95. The Bertz CT molecular complexity index is 581. The first kappa shape index (κ1) is 12.4. The summed E-state index contributed by atoms with van der Waals surface area (Å²) in [5.41, 5.74) is 6.70. The van der Waals surface area contributed by atoms with Crippen molar-refractivity contribution in [2.45, 2.75) is 25.0 Å². The third-order valence-corrected chi connectivity index (χ3v) is 4.03. The number of aromatic nitrogens is 3. The van der Waals surface area contributed by atoms with Crippen molar-refractivity contribution in [3.05, 3.63) is 18.6 Å². The molecule has 3 atom stereocenters. The molecule has 102 valence electrons. The van der Waals surface area contributed by atoms with Gasteiger partial charge in [-0.15, -0.1) is 0 Å². The number of hydrogen-bond donors (Lipinski definition) is 3. The van der Waals surface area contributed by atoms with Gasteiger partial charge in [-0.1, -0.05) is 0 Å². The lowest BCUT2D eigenvalue weighted by molar-refractivity contribution is 0.131. The van der Waals surface area contributed by atoms with E-state index in [9.17, 15) is 5.11 Å². The van der Waals surface area contributed by atoms with Crippen molar-refractivity contribution in [1.82, 2.24) is 19.9 Å². The minimum absolute atomic E-state index is 0.255. The zero-order valence-corrected chi connectivity index (χ0v) is 11.0. The Hall–Kier alpha value is -1.66. The van der Waals surface area contributed by atoms with Gasteiger partial charge in [0.15, 0.2) is 0 Å². The van der Waals surface area contributed by atoms with Crippen LogP contribution in [0.15, 0.2) is 18.6 Å². The number of anilines is 1. The molecule has 2 heterocycles. The molecule has 0 spiro atoms. The van der Waals surface area contributed by atoms with Crippen LogP contribution in [0.1, 0.15) is 18.9 Å². The highest BCUT2D eigenvalue weighted by atomic mass is 16.3. The summed E-state index contributed by atoms with van der Waals surface area (Å²) in [6.45, 7) is 0.841. The fourth-order valence-corrected chi connectivity index (χ4v) is 3.07. The minimum atomic E-state index is -0.255. The van der Waals surface area contributed by atoms with Crippen molar-refractivity contribution < 1.29 is 5.11 Å². The number of aliphatic hydroxyl groups excluding tert-OH is 1. The van der Waals surface area contributed by atoms with E-state index in [1.165, 1.54) is 6.33 Å². The van der Waals surface area contributed by atoms with Crippen LogP contribution in [-0.2, 0) is 0 Å². The summed E-state index contributed by atoms with van der Waals surface area (Å²) in [6, 6.07) is 2.22. The first-order valence-corrected chi connectivity index (χ1v) is 6.60. The first-order valence-electron chi connectivity index (χ1n) is 6.60. The molecule has 0 amide bonds. The second-order valence-electron chi connectivity index (χ2n) is 5.23. The molecular formula is C13H19N5O. The SMILES string of the molecule is CNCC1CC(n2ccc3c(N)ncnc32)CC1O. The first-order chi connectivity index (χ1) is 9.20. The lowest BCUT2D eigenvalue weighted by atomic mass is 10.1. The highest BCUT2D eigenvalue weighted by Gasteiger charge is 2.33. The van der Waals surface area contributed by atoms with Crippen molar-refractivity contribution >= 4 is 16.9 Å². The average molecular weight is 261 g/mol. The minimum Gasteiger partial charge on any atom is -0.393 e. The highest BCUT2D eigenvalue weighted by Crippen LogP contribution is 2.36. The summed E-state index contributed by atoms with van der Waals surface area (Å²) in [7, 11) is 1.92. The van der Waals surface area contributed by atoms with Crippen molar-refractivity contribution in [2.75, 3.05) is 19.3 Å². The zero-order chi connectivity index (χ0) is 13.4. The molecule has 1 saturated carbocycles. The largest absolute Gasteiger partial charge is 0.393 e. The number of nitrogens with two attached hydrogens (primary N) is 1. The Kier molecular flexibility index (Phi) is 3.12. The summed E-state index contributed by atoms with van der Waals surface area (Å²) in [5, 5.41) is 14.1. The van der Waals surface area contributed by atoms with Gasteiger partial charge in [-0.3, -0.25) is 0 Å². The fourth-order valence-electron chi connectivity index (χ4n) is 3.07. The maximum atomic E-state index is 10.1. The lowest BCUT2D eigenvalue weighted by Gasteiger charge is -2.14. The molecule has 3 rings (SSSR count). The van der Waals surface area contributed by atoms with Gasteiger partial charge >= 0.3 is 0 Å². The second kappa shape index (κ2) is 4.79. The van der Waals surface area contributed by atoms with Gasteiger partial charge in [-0.25, -0.2) is 9.97 Å². The van der Waals surface area contributed by atoms with Crippen LogP contribution in [0.25, 0.3) is 11.0 Å². The molecule has 1 aliphatic carbocycles. The Labute approximate surface area is 111 Å². The van der Waals surface area contributed by atoms with E-state index >= 15 is 0 Å². The highest BCUT2D eigenvalue weighted by molar-refractivity contribution is 5.86. The molecule has 6 nitrogen and oxygen atoms in total. The maximum absolute atomic E-state index is 10.1. The van der Waals surface area contributed by atoms with Crippen molar-refractivity contribution in [2.24, 2.45) is 5.92 Å². The van der Waals surface area contributed by atoms with Gasteiger partial charge in [-0.2, -0.15) is 0 Å². The smallest absolute Gasteiger partial charge is 0.145 e. The number of hydrogen-bond acceptors (Lipinski definition) is 5. The molecule has 0 saturated heterocycles. The molecule has 0 aliphatic heterocycles. The van der Waals surface area contributed by atoms with Crippen LogP contribution in [0.5, 0.6) is 0 Å². The van der Waals surface area contributed by atoms with E-state index in [1.54, 1.807) is 0 Å². The standard InChI is InChI=1S/C13H19N5O/c1-15-6-8-4-9(5-11(8)19)18-3-2-10-12(14)16-7-17-13(10)18/h2-3,7-9,11,15,19H,4-6H2,1H3,(H2,14,16,17). The molecule has 0 aromatic carbocycles. The molecule has 0 bridgehead atoms. The molecule has 2 aromatic heterocycles. The van der Waals surface area contributed by atoms with E-state index in [1.807, 2.05) is 19.3 Å². The monoisotopic (exact) mass is 261 g/mol. The van der Waals surface area contributed by atoms with E-state index in [4.69, 9.17) is 5.73 Å². The molecule has 1 aliphatic rings. The molecule has 19 heavy (non-hydrogen) atoms. The lowest BCUT2D eigenvalue weighted by Crippen LogP contribution is -2.24. The Morgan fingerprint density at radius 1 is 1.47 bits per heavy atom. The Morgan fingerprint density at radius 2 is 2.32 bits per heavy atom. The van der Waals surface area contributed by atoms with Crippen LogP contribution in [-0.4, -0.2) is 39.3 Å². The van der Waals surface area contributed by atoms with Crippen LogP contribution in [0.3, 0.4) is 0 Å².